The monoisotopic (exact) mass is 308 g/mol. The third-order valence-corrected chi connectivity index (χ3v) is 4.67. The average Bonchev–Trinajstić information content (AvgIpc) is 2.47. The Kier molecular flexibility index (Phi) is 3.91. The number of para-hydroxylation sites is 1. The summed E-state index contributed by atoms with van der Waals surface area (Å²) in [5.74, 6) is -1.95. The van der Waals surface area contributed by atoms with Crippen LogP contribution in [0.3, 0.4) is 0 Å². The summed E-state index contributed by atoms with van der Waals surface area (Å²) in [6.45, 7) is 0. The summed E-state index contributed by atoms with van der Waals surface area (Å²) in [5, 5.41) is 8.68. The Hall–Kier alpha value is -2.46. The Labute approximate surface area is 120 Å². The van der Waals surface area contributed by atoms with E-state index in [1.165, 1.54) is 24.3 Å². The van der Waals surface area contributed by atoms with Crippen molar-refractivity contribution >= 4 is 15.7 Å². The fourth-order valence-electron chi connectivity index (χ4n) is 1.77. The number of sulfonamides is 1. The Balaban J connectivity index is 2.50. The number of nitrogens with zero attached hydrogens (tertiary/aromatic N) is 2. The molecule has 0 bridgehead atoms. The van der Waals surface area contributed by atoms with Gasteiger partial charge < -0.3 is 0 Å². The van der Waals surface area contributed by atoms with Gasteiger partial charge in [0.15, 0.2) is 11.6 Å². The van der Waals surface area contributed by atoms with E-state index in [9.17, 15) is 17.2 Å². The van der Waals surface area contributed by atoms with E-state index < -0.39 is 27.3 Å². The van der Waals surface area contributed by atoms with Crippen LogP contribution >= 0.6 is 0 Å². The quantitative estimate of drug-likeness (QED) is 0.876. The van der Waals surface area contributed by atoms with Crippen molar-refractivity contribution in [3.63, 3.8) is 0 Å². The van der Waals surface area contributed by atoms with E-state index in [0.717, 1.165) is 25.2 Å². The van der Waals surface area contributed by atoms with Gasteiger partial charge in [-0.05, 0) is 36.4 Å². The first-order valence-corrected chi connectivity index (χ1v) is 7.25. The Bertz CT molecular complexity index is 792. The summed E-state index contributed by atoms with van der Waals surface area (Å²) in [4.78, 5) is -0.161. The van der Waals surface area contributed by atoms with Gasteiger partial charge in [0.25, 0.3) is 10.0 Å². The van der Waals surface area contributed by atoms with Crippen molar-refractivity contribution in [2.24, 2.45) is 0 Å². The smallest absolute Gasteiger partial charge is 0.263 e. The van der Waals surface area contributed by atoms with Gasteiger partial charge in [-0.15, -0.1) is 0 Å². The molecular weight excluding hydrogens is 298 g/mol. The van der Waals surface area contributed by atoms with E-state index in [1.54, 1.807) is 0 Å². The summed E-state index contributed by atoms with van der Waals surface area (Å²) < 4.78 is 52.6. The van der Waals surface area contributed by atoms with Gasteiger partial charge >= 0.3 is 0 Å². The van der Waals surface area contributed by atoms with Crippen molar-refractivity contribution in [2.45, 2.75) is 4.90 Å². The zero-order valence-electron chi connectivity index (χ0n) is 10.9. The lowest BCUT2D eigenvalue weighted by Gasteiger charge is -2.20. The SMILES string of the molecule is CN(c1c(F)cccc1F)S(=O)(=O)c1ccc(C#N)cc1. The van der Waals surface area contributed by atoms with E-state index in [-0.39, 0.29) is 10.5 Å². The molecule has 0 amide bonds. The molecule has 0 saturated carbocycles. The number of benzene rings is 2. The van der Waals surface area contributed by atoms with Gasteiger partial charge in [0.05, 0.1) is 16.5 Å². The van der Waals surface area contributed by atoms with E-state index in [2.05, 4.69) is 0 Å². The van der Waals surface area contributed by atoms with E-state index in [1.807, 2.05) is 6.07 Å². The third kappa shape index (κ3) is 2.71. The predicted molar refractivity (Wildman–Crippen MR) is 73.1 cm³/mol. The molecule has 0 aliphatic heterocycles. The van der Waals surface area contributed by atoms with Crippen LogP contribution in [0.15, 0.2) is 47.4 Å². The molecule has 0 aromatic heterocycles. The number of rotatable bonds is 3. The normalized spacial score (nSPS) is 11.0. The molecule has 0 aliphatic carbocycles. The largest absolute Gasteiger partial charge is 0.264 e. The molecule has 2 rings (SSSR count). The molecule has 0 N–H and O–H groups in total. The van der Waals surface area contributed by atoms with Gasteiger partial charge in [0.2, 0.25) is 0 Å². The van der Waals surface area contributed by atoms with Crippen molar-refractivity contribution in [3.8, 4) is 6.07 Å². The highest BCUT2D eigenvalue weighted by Gasteiger charge is 2.26. The topological polar surface area (TPSA) is 61.2 Å². The van der Waals surface area contributed by atoms with Gasteiger partial charge in [-0.2, -0.15) is 5.26 Å². The maximum absolute atomic E-state index is 13.7. The number of anilines is 1. The molecule has 0 spiro atoms. The minimum atomic E-state index is -4.12. The van der Waals surface area contributed by atoms with Crippen LogP contribution in [-0.2, 0) is 10.0 Å². The van der Waals surface area contributed by atoms with Crippen LogP contribution in [-0.4, -0.2) is 15.5 Å². The second-order valence-corrected chi connectivity index (χ2v) is 6.15. The van der Waals surface area contributed by atoms with Crippen LogP contribution in [0.4, 0.5) is 14.5 Å². The highest BCUT2D eigenvalue weighted by molar-refractivity contribution is 7.92. The van der Waals surface area contributed by atoms with Crippen LogP contribution in [0.25, 0.3) is 0 Å². The van der Waals surface area contributed by atoms with Crippen molar-refractivity contribution in [1.82, 2.24) is 0 Å². The summed E-state index contributed by atoms with van der Waals surface area (Å²) >= 11 is 0. The molecule has 0 radical (unpaired) electrons. The fourth-order valence-corrected chi connectivity index (χ4v) is 2.98. The Morgan fingerprint density at radius 2 is 1.57 bits per heavy atom. The molecule has 0 atom stereocenters. The lowest BCUT2D eigenvalue weighted by molar-refractivity contribution is 0.572. The van der Waals surface area contributed by atoms with Crippen molar-refractivity contribution in [2.75, 3.05) is 11.4 Å². The Morgan fingerprint density at radius 3 is 2.05 bits per heavy atom. The molecule has 0 unspecified atom stereocenters. The fraction of sp³-hybridized carbons (Fsp3) is 0.0714. The molecule has 7 heteroatoms. The second-order valence-electron chi connectivity index (χ2n) is 4.18. The van der Waals surface area contributed by atoms with Crippen LogP contribution in [0.2, 0.25) is 0 Å². The highest BCUT2D eigenvalue weighted by atomic mass is 32.2. The highest BCUT2D eigenvalue weighted by Crippen LogP contribution is 2.27. The first-order valence-electron chi connectivity index (χ1n) is 5.81. The minimum Gasteiger partial charge on any atom is -0.263 e. The summed E-state index contributed by atoms with van der Waals surface area (Å²) in [6.07, 6.45) is 0. The van der Waals surface area contributed by atoms with E-state index in [4.69, 9.17) is 5.26 Å². The van der Waals surface area contributed by atoms with E-state index in [0.29, 0.717) is 4.31 Å². The summed E-state index contributed by atoms with van der Waals surface area (Å²) in [5.41, 5.74) is -0.365. The maximum atomic E-state index is 13.7. The van der Waals surface area contributed by atoms with Crippen molar-refractivity contribution in [3.05, 3.63) is 59.7 Å². The standard InChI is InChI=1S/C14H10F2N2O2S/c1-18(14-12(15)3-2-4-13(14)16)21(19,20)11-7-5-10(9-17)6-8-11/h2-8H,1H3. The molecular formula is C14H10F2N2O2S. The Morgan fingerprint density at radius 1 is 1.05 bits per heavy atom. The van der Waals surface area contributed by atoms with Crippen LogP contribution < -0.4 is 4.31 Å². The van der Waals surface area contributed by atoms with Crippen LogP contribution in [0.1, 0.15) is 5.56 Å². The number of hydrogen-bond acceptors (Lipinski definition) is 3. The van der Waals surface area contributed by atoms with Crippen molar-refractivity contribution in [1.29, 1.82) is 5.26 Å². The second kappa shape index (κ2) is 5.50. The molecule has 0 saturated heterocycles. The third-order valence-electron chi connectivity index (χ3n) is 2.89. The first-order chi connectivity index (χ1) is 9.87. The maximum Gasteiger partial charge on any atom is 0.264 e. The predicted octanol–water partition coefficient (Wildman–Crippen LogP) is 2.66. The van der Waals surface area contributed by atoms with Gasteiger partial charge in [-0.1, -0.05) is 6.07 Å². The van der Waals surface area contributed by atoms with Crippen LogP contribution in [0, 0.1) is 23.0 Å². The number of nitriles is 1. The van der Waals surface area contributed by atoms with Gasteiger partial charge in [-0.3, -0.25) is 4.31 Å². The molecule has 2 aromatic rings. The number of hydrogen-bond donors (Lipinski definition) is 0. The van der Waals surface area contributed by atoms with Crippen LogP contribution in [0.5, 0.6) is 0 Å². The molecule has 0 heterocycles. The lowest BCUT2D eigenvalue weighted by atomic mass is 10.2. The van der Waals surface area contributed by atoms with Gasteiger partial charge in [-0.25, -0.2) is 17.2 Å². The molecule has 108 valence electrons. The molecule has 0 fully saturated rings. The zero-order chi connectivity index (χ0) is 15.6. The average molecular weight is 308 g/mol. The van der Waals surface area contributed by atoms with Gasteiger partial charge in [0.1, 0.15) is 5.69 Å². The first kappa shape index (κ1) is 14.9. The number of halogens is 2. The molecule has 4 nitrogen and oxygen atoms in total. The van der Waals surface area contributed by atoms with Gasteiger partial charge in [0, 0.05) is 7.05 Å². The minimum absolute atomic E-state index is 0.161. The molecule has 0 aliphatic rings. The summed E-state index contributed by atoms with van der Waals surface area (Å²) in [7, 11) is -3.05. The lowest BCUT2D eigenvalue weighted by Crippen LogP contribution is -2.28. The van der Waals surface area contributed by atoms with Crippen molar-refractivity contribution < 1.29 is 17.2 Å². The molecule has 21 heavy (non-hydrogen) atoms. The zero-order valence-corrected chi connectivity index (χ0v) is 11.7. The van der Waals surface area contributed by atoms with E-state index >= 15 is 0 Å². The molecule has 2 aromatic carbocycles. The summed E-state index contributed by atoms with van der Waals surface area (Å²) in [6, 6.07) is 10.0.